The van der Waals surface area contributed by atoms with Crippen LogP contribution in [-0.2, 0) is 17.9 Å². The highest BCUT2D eigenvalue weighted by molar-refractivity contribution is 6.03. The van der Waals surface area contributed by atoms with Crippen molar-refractivity contribution >= 4 is 17.5 Å². The number of hydrogen-bond donors (Lipinski definition) is 2. The fourth-order valence-corrected chi connectivity index (χ4v) is 2.62. The molecular formula is C21H20N2O4. The molecule has 3 rings (SSSR count). The average Bonchev–Trinajstić information content (AvgIpc) is 3.22. The molecule has 0 radical (unpaired) electrons. The lowest BCUT2D eigenvalue weighted by Gasteiger charge is -2.09. The van der Waals surface area contributed by atoms with E-state index in [0.29, 0.717) is 24.4 Å². The van der Waals surface area contributed by atoms with Crippen molar-refractivity contribution in [2.45, 2.75) is 13.2 Å². The molecule has 27 heavy (non-hydrogen) atoms. The van der Waals surface area contributed by atoms with Crippen LogP contribution in [0.1, 0.15) is 32.0 Å². The van der Waals surface area contributed by atoms with Gasteiger partial charge in [-0.3, -0.25) is 9.59 Å². The molecule has 0 unspecified atom stereocenters. The molecule has 3 aromatic rings. The Balaban J connectivity index is 1.61. The van der Waals surface area contributed by atoms with Gasteiger partial charge in [-0.15, -0.1) is 0 Å². The van der Waals surface area contributed by atoms with Crippen LogP contribution in [-0.4, -0.2) is 18.9 Å². The third kappa shape index (κ3) is 5.05. The zero-order valence-corrected chi connectivity index (χ0v) is 14.9. The summed E-state index contributed by atoms with van der Waals surface area (Å²) in [5.74, 6) is -0.380. The molecule has 0 atom stereocenters. The number of benzene rings is 2. The number of hydrogen-bond acceptors (Lipinski definition) is 4. The molecule has 6 heteroatoms. The van der Waals surface area contributed by atoms with Crippen molar-refractivity contribution in [3.63, 3.8) is 0 Å². The Morgan fingerprint density at radius 1 is 0.963 bits per heavy atom. The highest BCUT2D eigenvalue weighted by Crippen LogP contribution is 2.13. The molecule has 0 saturated carbocycles. The minimum absolute atomic E-state index is 0.209. The van der Waals surface area contributed by atoms with Crippen LogP contribution in [0.15, 0.2) is 71.3 Å². The van der Waals surface area contributed by atoms with Gasteiger partial charge in [-0.05, 0) is 41.5 Å². The van der Waals surface area contributed by atoms with Gasteiger partial charge in [0.2, 0.25) is 0 Å². The lowest BCUT2D eigenvalue weighted by atomic mass is 10.1. The van der Waals surface area contributed by atoms with Crippen molar-refractivity contribution in [3.8, 4) is 0 Å². The molecule has 0 fully saturated rings. The minimum Gasteiger partial charge on any atom is -0.459 e. The van der Waals surface area contributed by atoms with Crippen LogP contribution in [0.4, 0.5) is 5.69 Å². The second kappa shape index (κ2) is 8.82. The van der Waals surface area contributed by atoms with E-state index in [4.69, 9.17) is 9.15 Å². The lowest BCUT2D eigenvalue weighted by molar-refractivity contribution is 0.0949. The number of furan rings is 1. The van der Waals surface area contributed by atoms with Gasteiger partial charge < -0.3 is 19.8 Å². The van der Waals surface area contributed by atoms with Gasteiger partial charge in [-0.1, -0.05) is 30.3 Å². The lowest BCUT2D eigenvalue weighted by Crippen LogP contribution is -2.23. The number of amides is 2. The zero-order valence-electron chi connectivity index (χ0n) is 14.9. The summed E-state index contributed by atoms with van der Waals surface area (Å²) in [5.41, 5.74) is 3.01. The van der Waals surface area contributed by atoms with Crippen molar-refractivity contribution in [3.05, 3.63) is 89.4 Å². The molecule has 1 aromatic heterocycles. The maximum atomic E-state index is 12.4. The summed E-state index contributed by atoms with van der Waals surface area (Å²) in [4.78, 5) is 24.5. The molecule has 2 aromatic carbocycles. The molecule has 0 bridgehead atoms. The average molecular weight is 364 g/mol. The predicted molar refractivity (Wildman–Crippen MR) is 101 cm³/mol. The van der Waals surface area contributed by atoms with Crippen LogP contribution in [0, 0.1) is 0 Å². The topological polar surface area (TPSA) is 80.6 Å². The summed E-state index contributed by atoms with van der Waals surface area (Å²) in [6.45, 7) is 0.929. The number of ether oxygens (including phenoxy) is 1. The number of rotatable bonds is 7. The number of carbonyl (C=O) groups is 2. The zero-order chi connectivity index (χ0) is 19.1. The fraction of sp³-hybridized carbons (Fsp3) is 0.143. The first-order chi connectivity index (χ1) is 13.2. The van der Waals surface area contributed by atoms with Crippen LogP contribution < -0.4 is 10.6 Å². The van der Waals surface area contributed by atoms with Gasteiger partial charge in [0.1, 0.15) is 0 Å². The van der Waals surface area contributed by atoms with E-state index in [0.717, 1.165) is 11.1 Å². The van der Waals surface area contributed by atoms with E-state index in [-0.39, 0.29) is 17.6 Å². The van der Waals surface area contributed by atoms with E-state index >= 15 is 0 Å². The Morgan fingerprint density at radius 3 is 2.56 bits per heavy atom. The summed E-state index contributed by atoms with van der Waals surface area (Å²) in [5, 5.41) is 5.59. The Kier molecular flexibility index (Phi) is 6.02. The van der Waals surface area contributed by atoms with Gasteiger partial charge >= 0.3 is 0 Å². The van der Waals surface area contributed by atoms with Gasteiger partial charge in [0.15, 0.2) is 5.76 Å². The van der Waals surface area contributed by atoms with Crippen molar-refractivity contribution in [2.24, 2.45) is 0 Å². The second-order valence-electron chi connectivity index (χ2n) is 5.95. The molecule has 0 aliphatic rings. The van der Waals surface area contributed by atoms with Gasteiger partial charge in [0.25, 0.3) is 11.8 Å². The third-order valence-electron chi connectivity index (χ3n) is 3.88. The van der Waals surface area contributed by atoms with Gasteiger partial charge in [-0.2, -0.15) is 0 Å². The van der Waals surface area contributed by atoms with Crippen molar-refractivity contribution in [1.29, 1.82) is 0 Å². The van der Waals surface area contributed by atoms with E-state index in [2.05, 4.69) is 10.6 Å². The Hall–Kier alpha value is -3.38. The standard InChI is InChI=1S/C21H20N2O4/c1-26-14-16-6-2-5-15(11-16)13-22-20(24)17-7-3-8-18(12-17)23-21(25)19-9-4-10-27-19/h2-12H,13-14H2,1H3,(H,22,24)(H,23,25). The molecule has 0 aliphatic heterocycles. The highest BCUT2D eigenvalue weighted by atomic mass is 16.5. The quantitative estimate of drug-likeness (QED) is 0.671. The van der Waals surface area contributed by atoms with Crippen molar-refractivity contribution in [1.82, 2.24) is 5.32 Å². The monoisotopic (exact) mass is 364 g/mol. The van der Waals surface area contributed by atoms with Crippen molar-refractivity contribution < 1.29 is 18.7 Å². The smallest absolute Gasteiger partial charge is 0.291 e. The first-order valence-electron chi connectivity index (χ1n) is 8.45. The molecular weight excluding hydrogens is 344 g/mol. The summed E-state index contributed by atoms with van der Waals surface area (Å²) in [6.07, 6.45) is 1.43. The molecule has 138 valence electrons. The maximum absolute atomic E-state index is 12.4. The summed E-state index contributed by atoms with van der Waals surface area (Å²) in [6, 6.07) is 17.8. The van der Waals surface area contributed by atoms with E-state index in [1.165, 1.54) is 6.26 Å². The number of anilines is 1. The summed E-state index contributed by atoms with van der Waals surface area (Å²) >= 11 is 0. The maximum Gasteiger partial charge on any atom is 0.291 e. The van der Waals surface area contributed by atoms with Crippen LogP contribution in [0.3, 0.4) is 0 Å². The first kappa shape index (κ1) is 18.4. The normalized spacial score (nSPS) is 10.4. The molecule has 0 spiro atoms. The summed E-state index contributed by atoms with van der Waals surface area (Å²) in [7, 11) is 1.64. The van der Waals surface area contributed by atoms with Crippen LogP contribution >= 0.6 is 0 Å². The Labute approximate surface area is 157 Å². The molecule has 2 amide bonds. The first-order valence-corrected chi connectivity index (χ1v) is 8.45. The van der Waals surface area contributed by atoms with E-state index < -0.39 is 0 Å². The largest absolute Gasteiger partial charge is 0.459 e. The van der Waals surface area contributed by atoms with Gasteiger partial charge in [-0.25, -0.2) is 0 Å². The molecule has 0 saturated heterocycles. The van der Waals surface area contributed by atoms with Crippen LogP contribution in [0.25, 0.3) is 0 Å². The highest BCUT2D eigenvalue weighted by Gasteiger charge is 2.11. The molecule has 0 aliphatic carbocycles. The number of carbonyl (C=O) groups excluding carboxylic acids is 2. The molecule has 6 nitrogen and oxygen atoms in total. The molecule has 2 N–H and O–H groups in total. The van der Waals surface area contributed by atoms with Crippen LogP contribution in [0.2, 0.25) is 0 Å². The van der Waals surface area contributed by atoms with Gasteiger partial charge in [0.05, 0.1) is 12.9 Å². The predicted octanol–water partition coefficient (Wildman–Crippen LogP) is 3.61. The van der Waals surface area contributed by atoms with Crippen molar-refractivity contribution in [2.75, 3.05) is 12.4 Å². The third-order valence-corrected chi connectivity index (χ3v) is 3.88. The number of nitrogens with one attached hydrogen (secondary N) is 2. The SMILES string of the molecule is COCc1cccc(CNC(=O)c2cccc(NC(=O)c3ccco3)c2)c1. The number of methoxy groups -OCH3 is 1. The minimum atomic E-state index is -0.368. The fourth-order valence-electron chi connectivity index (χ4n) is 2.62. The molecule has 1 heterocycles. The van der Waals surface area contributed by atoms with E-state index in [1.807, 2.05) is 24.3 Å². The van der Waals surface area contributed by atoms with E-state index in [1.54, 1.807) is 43.5 Å². The van der Waals surface area contributed by atoms with E-state index in [9.17, 15) is 9.59 Å². The summed E-state index contributed by atoms with van der Waals surface area (Å²) < 4.78 is 10.2. The Bertz CT molecular complexity index is 919. The Morgan fingerprint density at radius 2 is 1.78 bits per heavy atom. The second-order valence-corrected chi connectivity index (χ2v) is 5.95. The van der Waals surface area contributed by atoms with Gasteiger partial charge in [0, 0.05) is 24.9 Å². The van der Waals surface area contributed by atoms with Crippen LogP contribution in [0.5, 0.6) is 0 Å².